The summed E-state index contributed by atoms with van der Waals surface area (Å²) in [4.78, 5) is 0. The number of hydrogen-bond donors (Lipinski definition) is 4. The van der Waals surface area contributed by atoms with Crippen molar-refractivity contribution in [2.45, 2.75) is 0 Å². The number of aromatic hydroxyl groups is 1. The van der Waals surface area contributed by atoms with Gasteiger partial charge in [-0.05, 0) is 42.5 Å². The molecule has 3 aromatic rings. The van der Waals surface area contributed by atoms with Crippen molar-refractivity contribution in [2.75, 3.05) is 15.7 Å². The highest BCUT2D eigenvalue weighted by molar-refractivity contribution is 9.10. The van der Waals surface area contributed by atoms with E-state index < -0.39 is 0 Å². The Balaban J connectivity index is 1.80. The van der Waals surface area contributed by atoms with E-state index in [1.165, 1.54) is 0 Å². The van der Waals surface area contributed by atoms with E-state index in [-0.39, 0.29) is 12.9 Å². The molecule has 0 aliphatic rings. The minimum absolute atomic E-state index is 0.180. The monoisotopic (exact) mass is 381 g/mol. The lowest BCUT2D eigenvalue weighted by atomic mass is 9.91. The molecule has 3 rings (SSSR count). The van der Waals surface area contributed by atoms with Crippen molar-refractivity contribution in [2.24, 2.45) is 0 Å². The van der Waals surface area contributed by atoms with Crippen molar-refractivity contribution in [3.63, 3.8) is 0 Å². The van der Waals surface area contributed by atoms with Crippen molar-refractivity contribution >= 4 is 40.1 Å². The molecule has 0 amide bonds. The number of para-hydroxylation sites is 2. The molecular weight excluding hydrogens is 365 g/mol. The Morgan fingerprint density at radius 1 is 0.708 bits per heavy atom. The largest absolute Gasteiger partial charge is 0.506 e. The van der Waals surface area contributed by atoms with E-state index in [1.54, 1.807) is 6.07 Å². The molecule has 0 radical (unpaired) electrons. The summed E-state index contributed by atoms with van der Waals surface area (Å²) in [6.45, 7) is 0. The summed E-state index contributed by atoms with van der Waals surface area (Å²) >= 11 is 3.35. The maximum Gasteiger partial charge on any atom is 0.496 e. The van der Waals surface area contributed by atoms with E-state index in [0.717, 1.165) is 15.8 Å². The van der Waals surface area contributed by atoms with Crippen LogP contribution in [0, 0.1) is 0 Å². The third kappa shape index (κ3) is 4.46. The van der Waals surface area contributed by atoms with E-state index in [0.29, 0.717) is 5.69 Å². The molecule has 0 aromatic heterocycles. The quantitative estimate of drug-likeness (QED) is 0.366. The first-order valence-corrected chi connectivity index (χ1v) is 8.38. The summed E-state index contributed by atoms with van der Waals surface area (Å²) in [5.74, 6) is 0.180. The second-order valence-corrected chi connectivity index (χ2v) is 6.18. The SMILES string of the molecule is Oc1cc(Br)ccc1NB(Nc1ccccc1)Nc1ccccc1. The van der Waals surface area contributed by atoms with Gasteiger partial charge in [0, 0.05) is 15.8 Å². The molecule has 0 spiro atoms. The number of benzene rings is 3. The van der Waals surface area contributed by atoms with Gasteiger partial charge in [-0.25, -0.2) is 0 Å². The standard InChI is InChI=1S/C18H17BBrN3O/c20-14-11-12-17(18(24)13-14)23-19(21-15-7-3-1-4-8-15)22-16-9-5-2-6-10-16/h1-13,21-24H. The Labute approximate surface area is 150 Å². The average Bonchev–Trinajstić information content (AvgIpc) is 2.59. The van der Waals surface area contributed by atoms with E-state index in [4.69, 9.17) is 0 Å². The Hall–Kier alpha value is -2.60. The lowest BCUT2D eigenvalue weighted by Crippen LogP contribution is -2.42. The molecule has 0 atom stereocenters. The smallest absolute Gasteiger partial charge is 0.496 e. The number of rotatable bonds is 6. The molecular formula is C18H17BBrN3O. The van der Waals surface area contributed by atoms with Gasteiger partial charge in [0.25, 0.3) is 0 Å². The van der Waals surface area contributed by atoms with Gasteiger partial charge in [0.15, 0.2) is 0 Å². The molecule has 6 heteroatoms. The van der Waals surface area contributed by atoms with Crippen molar-refractivity contribution in [3.8, 4) is 5.75 Å². The van der Waals surface area contributed by atoms with E-state index in [9.17, 15) is 5.11 Å². The van der Waals surface area contributed by atoms with Gasteiger partial charge in [0.2, 0.25) is 0 Å². The molecule has 0 bridgehead atoms. The Morgan fingerprint density at radius 2 is 1.25 bits per heavy atom. The maximum absolute atomic E-state index is 10.1. The first-order chi connectivity index (χ1) is 11.7. The molecule has 3 aromatic carbocycles. The highest BCUT2D eigenvalue weighted by atomic mass is 79.9. The second kappa shape index (κ2) is 7.79. The second-order valence-electron chi connectivity index (χ2n) is 5.26. The number of phenols is 1. The topological polar surface area (TPSA) is 56.3 Å². The molecule has 0 heterocycles. The van der Waals surface area contributed by atoms with Gasteiger partial charge < -0.3 is 20.8 Å². The minimum Gasteiger partial charge on any atom is -0.506 e. The summed E-state index contributed by atoms with van der Waals surface area (Å²) in [5, 5.41) is 20.1. The van der Waals surface area contributed by atoms with Gasteiger partial charge in [0.05, 0.1) is 5.69 Å². The van der Waals surface area contributed by atoms with Crippen molar-refractivity contribution in [3.05, 3.63) is 83.3 Å². The minimum atomic E-state index is -0.304. The third-order valence-corrected chi connectivity index (χ3v) is 3.92. The highest BCUT2D eigenvalue weighted by Gasteiger charge is 2.18. The van der Waals surface area contributed by atoms with Crippen LogP contribution in [0.2, 0.25) is 0 Å². The third-order valence-electron chi connectivity index (χ3n) is 3.43. The fraction of sp³-hybridized carbons (Fsp3) is 0. The van der Waals surface area contributed by atoms with Crippen molar-refractivity contribution in [1.82, 2.24) is 0 Å². The normalized spacial score (nSPS) is 10.0. The summed E-state index contributed by atoms with van der Waals surface area (Å²) in [5.41, 5.74) is 2.57. The van der Waals surface area contributed by atoms with Crippen molar-refractivity contribution < 1.29 is 5.11 Å². The number of anilines is 3. The van der Waals surface area contributed by atoms with E-state index >= 15 is 0 Å². The number of phenolic OH excluding ortho intramolecular Hbond substituents is 1. The molecule has 120 valence electrons. The van der Waals surface area contributed by atoms with Gasteiger partial charge in [-0.3, -0.25) is 0 Å². The van der Waals surface area contributed by atoms with Crippen LogP contribution in [0.15, 0.2) is 83.3 Å². The summed E-state index contributed by atoms with van der Waals surface area (Å²) in [6.07, 6.45) is 0. The molecule has 0 unspecified atom stereocenters. The van der Waals surface area contributed by atoms with Crippen LogP contribution in [0.5, 0.6) is 5.75 Å². The van der Waals surface area contributed by atoms with Gasteiger partial charge in [0.1, 0.15) is 5.75 Å². The highest BCUT2D eigenvalue weighted by Crippen LogP contribution is 2.27. The van der Waals surface area contributed by atoms with Crippen LogP contribution >= 0.6 is 15.9 Å². The lowest BCUT2D eigenvalue weighted by Gasteiger charge is -2.20. The van der Waals surface area contributed by atoms with Crippen LogP contribution in [0.25, 0.3) is 0 Å². The number of nitrogens with one attached hydrogen (secondary N) is 3. The molecule has 0 saturated heterocycles. The summed E-state index contributed by atoms with van der Waals surface area (Å²) in [7, 11) is -0.304. The van der Waals surface area contributed by atoms with Crippen LogP contribution in [0.1, 0.15) is 0 Å². The first-order valence-electron chi connectivity index (χ1n) is 7.59. The predicted molar refractivity (Wildman–Crippen MR) is 105 cm³/mol. The van der Waals surface area contributed by atoms with Crippen LogP contribution in [0.3, 0.4) is 0 Å². The van der Waals surface area contributed by atoms with Crippen LogP contribution in [-0.2, 0) is 0 Å². The zero-order valence-electron chi connectivity index (χ0n) is 12.9. The van der Waals surface area contributed by atoms with E-state index in [2.05, 4.69) is 31.6 Å². The fourth-order valence-corrected chi connectivity index (χ4v) is 2.64. The maximum atomic E-state index is 10.1. The zero-order chi connectivity index (χ0) is 16.8. The number of halogens is 1. The summed E-state index contributed by atoms with van der Waals surface area (Å²) < 4.78 is 0.828. The van der Waals surface area contributed by atoms with Gasteiger partial charge >= 0.3 is 7.12 Å². The summed E-state index contributed by atoms with van der Waals surface area (Å²) in [6, 6.07) is 25.1. The van der Waals surface area contributed by atoms with Crippen LogP contribution < -0.4 is 15.7 Å². The fourth-order valence-electron chi connectivity index (χ4n) is 2.29. The molecule has 4 nitrogen and oxygen atoms in total. The van der Waals surface area contributed by atoms with Crippen molar-refractivity contribution in [1.29, 1.82) is 0 Å². The molecule has 0 aliphatic carbocycles. The van der Waals surface area contributed by atoms with Gasteiger partial charge in [-0.1, -0.05) is 52.3 Å². The first kappa shape index (κ1) is 16.3. The van der Waals surface area contributed by atoms with Gasteiger partial charge in [-0.15, -0.1) is 0 Å². The Kier molecular flexibility index (Phi) is 5.28. The van der Waals surface area contributed by atoms with Gasteiger partial charge in [-0.2, -0.15) is 0 Å². The number of hydrogen-bond acceptors (Lipinski definition) is 4. The van der Waals surface area contributed by atoms with E-state index in [1.807, 2.05) is 72.8 Å². The molecule has 4 N–H and O–H groups in total. The average molecular weight is 382 g/mol. The molecule has 24 heavy (non-hydrogen) atoms. The lowest BCUT2D eigenvalue weighted by molar-refractivity contribution is 0.477. The van der Waals surface area contributed by atoms with Crippen LogP contribution in [-0.4, -0.2) is 12.2 Å². The predicted octanol–water partition coefficient (Wildman–Crippen LogP) is 4.78. The Morgan fingerprint density at radius 3 is 1.75 bits per heavy atom. The molecule has 0 fully saturated rings. The van der Waals surface area contributed by atoms with Crippen LogP contribution in [0.4, 0.5) is 17.1 Å². The Bertz CT molecular complexity index is 745. The molecule has 0 saturated carbocycles. The zero-order valence-corrected chi connectivity index (χ0v) is 14.5. The molecule has 0 aliphatic heterocycles.